The Morgan fingerprint density at radius 3 is 2.33 bits per heavy atom. The molecule has 0 spiro atoms. The van der Waals surface area contributed by atoms with Crippen molar-refractivity contribution >= 4 is 23.3 Å². The maximum absolute atomic E-state index is 12.9. The third-order valence-corrected chi connectivity index (χ3v) is 5.47. The Balaban J connectivity index is 1.63. The summed E-state index contributed by atoms with van der Waals surface area (Å²) in [5.74, 6) is 0.358. The van der Waals surface area contributed by atoms with Crippen LogP contribution >= 0.6 is 0 Å². The fraction of sp³-hybridized carbons (Fsp3) is 0.435. The van der Waals surface area contributed by atoms with Gasteiger partial charge >= 0.3 is 0 Å². The summed E-state index contributed by atoms with van der Waals surface area (Å²) in [6.45, 7) is 9.61. The fourth-order valence-corrected chi connectivity index (χ4v) is 3.48. The summed E-state index contributed by atoms with van der Waals surface area (Å²) in [5.41, 5.74) is 2.07. The van der Waals surface area contributed by atoms with Crippen LogP contribution in [0, 0.1) is 12.8 Å². The number of aryl methyl sites for hydroxylation is 1. The van der Waals surface area contributed by atoms with E-state index in [0.29, 0.717) is 11.3 Å². The van der Waals surface area contributed by atoms with Gasteiger partial charge in [0.25, 0.3) is 5.91 Å². The van der Waals surface area contributed by atoms with Crippen molar-refractivity contribution in [3.05, 3.63) is 53.7 Å². The molecule has 2 aromatic rings. The molecule has 160 valence electrons. The first-order valence-corrected chi connectivity index (χ1v) is 10.4. The van der Waals surface area contributed by atoms with Gasteiger partial charge in [-0.05, 0) is 43.7 Å². The number of carbonyl (C=O) groups is 2. The zero-order valence-corrected chi connectivity index (χ0v) is 18.2. The van der Waals surface area contributed by atoms with Gasteiger partial charge in [0.1, 0.15) is 11.9 Å². The van der Waals surface area contributed by atoms with E-state index in [-0.39, 0.29) is 17.7 Å². The van der Waals surface area contributed by atoms with E-state index in [4.69, 9.17) is 0 Å². The van der Waals surface area contributed by atoms with Crippen LogP contribution in [0.4, 0.5) is 11.5 Å². The molecule has 0 unspecified atom stereocenters. The van der Waals surface area contributed by atoms with E-state index in [9.17, 15) is 9.59 Å². The molecule has 2 N–H and O–H groups in total. The number of hydrogen-bond donors (Lipinski definition) is 2. The van der Waals surface area contributed by atoms with Crippen LogP contribution in [-0.2, 0) is 4.79 Å². The molecule has 1 aromatic carbocycles. The summed E-state index contributed by atoms with van der Waals surface area (Å²) < 4.78 is 0. The molecule has 1 fully saturated rings. The van der Waals surface area contributed by atoms with Crippen LogP contribution in [0.2, 0.25) is 0 Å². The molecular weight excluding hydrogens is 378 g/mol. The first kappa shape index (κ1) is 21.8. The maximum atomic E-state index is 12.9. The number of nitrogens with zero attached hydrogens (tertiary/aromatic N) is 3. The maximum Gasteiger partial charge on any atom is 0.252 e. The molecule has 0 saturated carbocycles. The predicted molar refractivity (Wildman–Crippen MR) is 120 cm³/mol. The SMILES string of the molecule is Cc1ccccc1C(=O)N[C@@H](C(=O)Nc1ccc(N2CCN(C)CC2)nc1)C(C)C. The van der Waals surface area contributed by atoms with Crippen molar-refractivity contribution in [3.8, 4) is 0 Å². The van der Waals surface area contributed by atoms with Crippen molar-refractivity contribution in [2.24, 2.45) is 5.92 Å². The first-order chi connectivity index (χ1) is 14.3. The molecule has 1 saturated heterocycles. The lowest BCUT2D eigenvalue weighted by Crippen LogP contribution is -2.47. The van der Waals surface area contributed by atoms with Crippen molar-refractivity contribution in [1.29, 1.82) is 0 Å². The molecule has 0 radical (unpaired) electrons. The second-order valence-electron chi connectivity index (χ2n) is 8.19. The number of pyridine rings is 1. The van der Waals surface area contributed by atoms with Crippen molar-refractivity contribution in [2.45, 2.75) is 26.8 Å². The van der Waals surface area contributed by atoms with Crippen LogP contribution in [0.3, 0.4) is 0 Å². The number of anilines is 2. The molecule has 0 bridgehead atoms. The molecule has 30 heavy (non-hydrogen) atoms. The number of likely N-dealkylation sites (N-methyl/N-ethyl adjacent to an activating group) is 1. The third-order valence-electron chi connectivity index (χ3n) is 5.47. The number of carbonyl (C=O) groups excluding carboxylic acids is 2. The number of amides is 2. The summed E-state index contributed by atoms with van der Waals surface area (Å²) in [6.07, 6.45) is 1.67. The van der Waals surface area contributed by atoms with Gasteiger partial charge in [-0.25, -0.2) is 4.98 Å². The standard InChI is InChI=1S/C23H31N5O2/c1-16(2)21(26-22(29)19-8-6-5-7-17(19)3)23(30)25-18-9-10-20(24-15-18)28-13-11-27(4)12-14-28/h5-10,15-16,21H,11-14H2,1-4H3,(H,25,30)(H,26,29)/t21-/m1/s1. The van der Waals surface area contributed by atoms with E-state index in [1.807, 2.05) is 51.1 Å². The van der Waals surface area contributed by atoms with E-state index in [1.54, 1.807) is 12.3 Å². The van der Waals surface area contributed by atoms with Crippen molar-refractivity contribution in [3.63, 3.8) is 0 Å². The Morgan fingerprint density at radius 1 is 1.03 bits per heavy atom. The Morgan fingerprint density at radius 2 is 1.73 bits per heavy atom. The minimum atomic E-state index is -0.644. The Labute approximate surface area is 178 Å². The van der Waals surface area contributed by atoms with Gasteiger partial charge in [-0.1, -0.05) is 32.0 Å². The summed E-state index contributed by atoms with van der Waals surface area (Å²) in [5, 5.41) is 5.77. The highest BCUT2D eigenvalue weighted by Crippen LogP contribution is 2.17. The summed E-state index contributed by atoms with van der Waals surface area (Å²) in [6, 6.07) is 10.5. The number of piperazine rings is 1. The van der Waals surface area contributed by atoms with E-state index in [1.165, 1.54) is 0 Å². The van der Waals surface area contributed by atoms with Gasteiger partial charge in [0.2, 0.25) is 5.91 Å². The van der Waals surface area contributed by atoms with Crippen molar-refractivity contribution < 1.29 is 9.59 Å². The smallest absolute Gasteiger partial charge is 0.252 e. The minimum absolute atomic E-state index is 0.0597. The van der Waals surface area contributed by atoms with Crippen LogP contribution in [0.15, 0.2) is 42.6 Å². The molecule has 7 nitrogen and oxygen atoms in total. The molecule has 1 aromatic heterocycles. The van der Waals surface area contributed by atoms with Crippen LogP contribution in [0.5, 0.6) is 0 Å². The monoisotopic (exact) mass is 409 g/mol. The van der Waals surface area contributed by atoms with Crippen molar-refractivity contribution in [2.75, 3.05) is 43.4 Å². The van der Waals surface area contributed by atoms with Crippen LogP contribution in [0.25, 0.3) is 0 Å². The first-order valence-electron chi connectivity index (χ1n) is 10.4. The van der Waals surface area contributed by atoms with Crippen LogP contribution < -0.4 is 15.5 Å². The molecule has 2 heterocycles. The Bertz CT molecular complexity index is 873. The number of aromatic nitrogens is 1. The second-order valence-corrected chi connectivity index (χ2v) is 8.19. The van der Waals surface area contributed by atoms with Gasteiger partial charge < -0.3 is 20.4 Å². The molecule has 3 rings (SSSR count). The molecule has 1 atom stereocenters. The minimum Gasteiger partial charge on any atom is -0.354 e. The van der Waals surface area contributed by atoms with Crippen LogP contribution in [0.1, 0.15) is 29.8 Å². The number of nitrogens with one attached hydrogen (secondary N) is 2. The number of rotatable bonds is 6. The van der Waals surface area contributed by atoms with E-state index < -0.39 is 6.04 Å². The highest BCUT2D eigenvalue weighted by molar-refractivity contribution is 6.01. The molecule has 1 aliphatic heterocycles. The second kappa shape index (κ2) is 9.71. The quantitative estimate of drug-likeness (QED) is 0.767. The molecule has 7 heteroatoms. The van der Waals surface area contributed by atoms with Gasteiger partial charge in [0, 0.05) is 31.7 Å². The van der Waals surface area contributed by atoms with Gasteiger partial charge in [-0.3, -0.25) is 9.59 Å². The molecule has 1 aliphatic rings. The lowest BCUT2D eigenvalue weighted by atomic mass is 10.0. The normalized spacial score (nSPS) is 15.7. The lowest BCUT2D eigenvalue weighted by Gasteiger charge is -2.33. The van der Waals surface area contributed by atoms with Gasteiger partial charge in [-0.15, -0.1) is 0 Å². The Kier molecular flexibility index (Phi) is 7.05. The van der Waals surface area contributed by atoms with Crippen LogP contribution in [-0.4, -0.2) is 61.0 Å². The average molecular weight is 410 g/mol. The van der Waals surface area contributed by atoms with Gasteiger partial charge in [-0.2, -0.15) is 0 Å². The third kappa shape index (κ3) is 5.36. The molecule has 0 aliphatic carbocycles. The van der Waals surface area contributed by atoms with E-state index >= 15 is 0 Å². The zero-order chi connectivity index (χ0) is 21.7. The number of hydrogen-bond acceptors (Lipinski definition) is 5. The van der Waals surface area contributed by atoms with Crippen molar-refractivity contribution in [1.82, 2.24) is 15.2 Å². The largest absolute Gasteiger partial charge is 0.354 e. The molecule has 2 amide bonds. The summed E-state index contributed by atoms with van der Waals surface area (Å²) >= 11 is 0. The topological polar surface area (TPSA) is 77.6 Å². The predicted octanol–water partition coefficient (Wildman–Crippen LogP) is 2.53. The Hall–Kier alpha value is -2.93. The summed E-state index contributed by atoms with van der Waals surface area (Å²) in [7, 11) is 2.12. The van der Waals surface area contributed by atoms with E-state index in [2.05, 4.69) is 32.5 Å². The lowest BCUT2D eigenvalue weighted by molar-refractivity contribution is -0.118. The zero-order valence-electron chi connectivity index (χ0n) is 18.2. The highest BCUT2D eigenvalue weighted by atomic mass is 16.2. The highest BCUT2D eigenvalue weighted by Gasteiger charge is 2.25. The van der Waals surface area contributed by atoms with Gasteiger partial charge in [0.05, 0.1) is 11.9 Å². The molecular formula is C23H31N5O2. The van der Waals surface area contributed by atoms with Gasteiger partial charge in [0.15, 0.2) is 0 Å². The average Bonchev–Trinajstić information content (AvgIpc) is 2.73. The fourth-order valence-electron chi connectivity index (χ4n) is 3.48. The number of benzene rings is 1. The summed E-state index contributed by atoms with van der Waals surface area (Å²) in [4.78, 5) is 34.6. The van der Waals surface area contributed by atoms with E-state index in [0.717, 1.165) is 37.6 Å².